The van der Waals surface area contributed by atoms with Crippen LogP contribution in [0.4, 0.5) is 0 Å². The number of amides is 1. The van der Waals surface area contributed by atoms with Crippen molar-refractivity contribution in [1.82, 2.24) is 5.32 Å². The lowest BCUT2D eigenvalue weighted by Crippen LogP contribution is -2.30. The summed E-state index contributed by atoms with van der Waals surface area (Å²) in [5, 5.41) is 2.45. The fraction of sp³-hybridized carbons (Fsp3) is 0.857. The van der Waals surface area contributed by atoms with Crippen molar-refractivity contribution in [3.05, 3.63) is 0 Å². The molecule has 2 nitrogen and oxygen atoms in total. The second-order valence-corrected chi connectivity index (χ2v) is 2.99. The Balaban J connectivity index is 3.22. The van der Waals surface area contributed by atoms with E-state index in [0.717, 1.165) is 19.4 Å². The van der Waals surface area contributed by atoms with Gasteiger partial charge < -0.3 is 5.32 Å². The first-order valence-electron chi connectivity index (χ1n) is 3.62. The lowest BCUT2D eigenvalue weighted by molar-refractivity contribution is -0.120. The third-order valence-electron chi connectivity index (χ3n) is 1.20. The molecule has 0 fully saturated rings. The van der Waals surface area contributed by atoms with Crippen molar-refractivity contribution in [2.45, 2.75) is 31.9 Å². The molecule has 0 rings (SSSR count). The molecule has 0 heterocycles. The molecule has 0 saturated carbocycles. The predicted octanol–water partition coefficient (Wildman–Crippen LogP) is 1.49. The van der Waals surface area contributed by atoms with Gasteiger partial charge in [-0.2, -0.15) is 0 Å². The third-order valence-corrected chi connectivity index (χ3v) is 1.41. The lowest BCUT2D eigenvalue weighted by Gasteiger charge is -2.04. The molecule has 0 saturated heterocycles. The Morgan fingerprint density at radius 1 is 1.70 bits per heavy atom. The van der Waals surface area contributed by atoms with Crippen LogP contribution in [0.25, 0.3) is 0 Å². The number of hydrogen-bond acceptors (Lipinski definition) is 1. The molecule has 1 unspecified atom stereocenters. The van der Waals surface area contributed by atoms with Crippen LogP contribution in [0.2, 0.25) is 0 Å². The maximum Gasteiger partial charge on any atom is 0.233 e. The predicted molar refractivity (Wildman–Crippen MR) is 45.0 cm³/mol. The van der Waals surface area contributed by atoms with E-state index in [1.807, 2.05) is 0 Å². The molecule has 0 aliphatic carbocycles. The number of unbranched alkanes of at least 4 members (excludes halogenated alkanes) is 1. The summed E-state index contributed by atoms with van der Waals surface area (Å²) in [7, 11) is 0. The van der Waals surface area contributed by atoms with Gasteiger partial charge in [-0.3, -0.25) is 4.79 Å². The lowest BCUT2D eigenvalue weighted by atomic mass is 10.3. The number of nitrogens with one attached hydrogen (secondary N) is 1. The minimum atomic E-state index is -0.295. The normalized spacial score (nSPS) is 12.7. The molecule has 1 N–H and O–H groups in total. The Labute approximate surface area is 67.8 Å². The molecular formula is C7H14NOS. The molecule has 0 aromatic carbocycles. The molecule has 0 spiro atoms. The Morgan fingerprint density at radius 2 is 2.30 bits per heavy atom. The number of carbonyl (C=O) groups is 1. The summed E-state index contributed by atoms with van der Waals surface area (Å²) in [6, 6.07) is 0. The number of carbonyl (C=O) groups excluding carboxylic acids is 1. The van der Waals surface area contributed by atoms with Crippen molar-refractivity contribution < 1.29 is 4.79 Å². The van der Waals surface area contributed by atoms with Crippen LogP contribution in [0.3, 0.4) is 0 Å². The highest BCUT2D eigenvalue weighted by Gasteiger charge is 2.05. The van der Waals surface area contributed by atoms with Crippen LogP contribution in [-0.2, 0) is 4.79 Å². The van der Waals surface area contributed by atoms with Gasteiger partial charge in [0.25, 0.3) is 0 Å². The minimum absolute atomic E-state index is 0.0246. The molecule has 0 aliphatic rings. The van der Waals surface area contributed by atoms with Gasteiger partial charge in [0.15, 0.2) is 0 Å². The fourth-order valence-corrected chi connectivity index (χ4v) is 0.615. The average Bonchev–Trinajstić information content (AvgIpc) is 1.88. The van der Waals surface area contributed by atoms with Gasteiger partial charge in [-0.25, -0.2) is 0 Å². The molecule has 1 radical (unpaired) electrons. The van der Waals surface area contributed by atoms with Gasteiger partial charge in [0.1, 0.15) is 0 Å². The topological polar surface area (TPSA) is 29.1 Å². The quantitative estimate of drug-likeness (QED) is 0.620. The fourth-order valence-electron chi connectivity index (χ4n) is 0.532. The van der Waals surface area contributed by atoms with Crippen molar-refractivity contribution in [1.29, 1.82) is 0 Å². The van der Waals surface area contributed by atoms with E-state index in [2.05, 4.69) is 12.2 Å². The maximum absolute atomic E-state index is 10.8. The minimum Gasteiger partial charge on any atom is -0.355 e. The zero-order chi connectivity index (χ0) is 7.98. The van der Waals surface area contributed by atoms with Crippen molar-refractivity contribution >= 4 is 18.5 Å². The van der Waals surface area contributed by atoms with Crippen molar-refractivity contribution in [3.8, 4) is 0 Å². The standard InChI is InChI=1S/C7H14NOS/c1-3-4-5-8-7(9)6(2)10/h6H,3-5H2,1-2H3,(H,8,9). The molecule has 0 bridgehead atoms. The zero-order valence-electron chi connectivity index (χ0n) is 6.52. The van der Waals surface area contributed by atoms with Gasteiger partial charge >= 0.3 is 0 Å². The van der Waals surface area contributed by atoms with E-state index in [0.29, 0.717) is 0 Å². The summed E-state index contributed by atoms with van der Waals surface area (Å²) in [5.41, 5.74) is 0. The second-order valence-electron chi connectivity index (χ2n) is 2.29. The summed E-state index contributed by atoms with van der Waals surface area (Å²) in [6.45, 7) is 4.57. The van der Waals surface area contributed by atoms with Crippen molar-refractivity contribution in [3.63, 3.8) is 0 Å². The Kier molecular flexibility index (Phi) is 5.49. The van der Waals surface area contributed by atoms with E-state index in [1.165, 1.54) is 0 Å². The van der Waals surface area contributed by atoms with Crippen LogP contribution in [0, 0.1) is 0 Å². The highest BCUT2D eigenvalue weighted by Crippen LogP contribution is 1.91. The van der Waals surface area contributed by atoms with E-state index < -0.39 is 0 Å². The second kappa shape index (κ2) is 5.59. The van der Waals surface area contributed by atoms with Gasteiger partial charge in [-0.15, -0.1) is 0 Å². The van der Waals surface area contributed by atoms with Crippen LogP contribution in [0.15, 0.2) is 0 Å². The summed E-state index contributed by atoms with van der Waals surface area (Å²) in [5.74, 6) is -0.0246. The first kappa shape index (κ1) is 9.82. The number of rotatable bonds is 4. The summed E-state index contributed by atoms with van der Waals surface area (Å²) < 4.78 is 0. The zero-order valence-corrected chi connectivity index (χ0v) is 7.33. The Hall–Kier alpha value is -0.180. The highest BCUT2D eigenvalue weighted by molar-refractivity contribution is 7.81. The van der Waals surface area contributed by atoms with Gasteiger partial charge in [0.2, 0.25) is 5.91 Å². The first-order valence-corrected chi connectivity index (χ1v) is 4.09. The van der Waals surface area contributed by atoms with E-state index in [-0.39, 0.29) is 11.2 Å². The Morgan fingerprint density at radius 3 is 2.70 bits per heavy atom. The molecule has 1 amide bonds. The van der Waals surface area contributed by atoms with Crippen LogP contribution < -0.4 is 5.32 Å². The van der Waals surface area contributed by atoms with Gasteiger partial charge in [0.05, 0.1) is 5.25 Å². The van der Waals surface area contributed by atoms with E-state index >= 15 is 0 Å². The monoisotopic (exact) mass is 160 g/mol. The SMILES string of the molecule is CCCCNC(=O)C(C)[S]. The first-order chi connectivity index (χ1) is 4.68. The van der Waals surface area contributed by atoms with Crippen LogP contribution >= 0.6 is 12.6 Å². The van der Waals surface area contributed by atoms with Crippen LogP contribution in [-0.4, -0.2) is 17.7 Å². The maximum atomic E-state index is 10.8. The average molecular weight is 160 g/mol. The van der Waals surface area contributed by atoms with Crippen molar-refractivity contribution in [2.75, 3.05) is 6.54 Å². The molecule has 0 aromatic heterocycles. The summed E-state index contributed by atoms with van der Waals surface area (Å²) in [4.78, 5) is 10.8. The van der Waals surface area contributed by atoms with Gasteiger partial charge in [0, 0.05) is 6.54 Å². The number of hydrogen-bond donors (Lipinski definition) is 1. The molecule has 59 valence electrons. The molecule has 1 atom stereocenters. The molecule has 0 aliphatic heterocycles. The van der Waals surface area contributed by atoms with Crippen LogP contribution in [0.1, 0.15) is 26.7 Å². The highest BCUT2D eigenvalue weighted by atomic mass is 32.1. The van der Waals surface area contributed by atoms with E-state index in [9.17, 15) is 4.79 Å². The van der Waals surface area contributed by atoms with E-state index in [4.69, 9.17) is 12.6 Å². The molecule has 0 aromatic rings. The molecular weight excluding hydrogens is 146 g/mol. The van der Waals surface area contributed by atoms with Crippen LogP contribution in [0.5, 0.6) is 0 Å². The van der Waals surface area contributed by atoms with Gasteiger partial charge in [-0.1, -0.05) is 26.0 Å². The molecule has 10 heavy (non-hydrogen) atoms. The molecule has 3 heteroatoms. The largest absolute Gasteiger partial charge is 0.355 e. The van der Waals surface area contributed by atoms with Gasteiger partial charge in [-0.05, 0) is 13.3 Å². The van der Waals surface area contributed by atoms with E-state index in [1.54, 1.807) is 6.92 Å². The van der Waals surface area contributed by atoms with Crippen molar-refractivity contribution in [2.24, 2.45) is 0 Å². The summed E-state index contributed by atoms with van der Waals surface area (Å²) in [6.07, 6.45) is 2.14. The Bertz CT molecular complexity index is 104. The smallest absolute Gasteiger partial charge is 0.233 e. The summed E-state index contributed by atoms with van der Waals surface area (Å²) >= 11 is 4.74. The third kappa shape index (κ3) is 4.68.